The van der Waals surface area contributed by atoms with Crippen LogP contribution in [-0.2, 0) is 14.2 Å². The molecule has 2 fully saturated rings. The van der Waals surface area contributed by atoms with E-state index in [1.54, 1.807) is 0 Å². The number of hydrogen-bond donors (Lipinski definition) is 0. The summed E-state index contributed by atoms with van der Waals surface area (Å²) in [4.78, 5) is 2.21. The van der Waals surface area contributed by atoms with Gasteiger partial charge in [0, 0.05) is 19.4 Å². The predicted molar refractivity (Wildman–Crippen MR) is 209 cm³/mol. The molecule has 0 amide bonds. The first-order valence-electron chi connectivity index (χ1n) is 20.8. The van der Waals surface area contributed by atoms with Gasteiger partial charge in [-0.1, -0.05) is 140 Å². The molecule has 4 heteroatoms. The van der Waals surface area contributed by atoms with E-state index in [2.05, 4.69) is 81.5 Å². The van der Waals surface area contributed by atoms with Gasteiger partial charge in [-0.2, -0.15) is 0 Å². The second-order valence-corrected chi connectivity index (χ2v) is 15.0. The number of ether oxygens (including phenoxy) is 3. The summed E-state index contributed by atoms with van der Waals surface area (Å²) in [5, 5.41) is 0. The van der Waals surface area contributed by atoms with Crippen LogP contribution in [-0.4, -0.2) is 56.2 Å². The van der Waals surface area contributed by atoms with E-state index in [0.717, 1.165) is 32.2 Å². The Morgan fingerprint density at radius 2 is 0.938 bits per heavy atom. The molecule has 0 bridgehead atoms. The van der Waals surface area contributed by atoms with E-state index in [9.17, 15) is 0 Å². The standard InChI is InChI=1S/C44H79NO3/c1-5-7-9-11-13-15-17-19-21-23-25-27-29-31-33-35-37-44(47-42-40-46-41(39-45(3)4)43(42)48-44)38-36-34-32-30-28-26-24-22-20-18-16-14-12-10-8-6-2/h13-16,19-22,41-43H,5-12,17-18,23-40H2,1-4H3/t41-,42+,43-,44?/m0/s1. The van der Waals surface area contributed by atoms with Gasteiger partial charge < -0.3 is 19.1 Å². The van der Waals surface area contributed by atoms with Gasteiger partial charge in [0.05, 0.1) is 12.7 Å². The van der Waals surface area contributed by atoms with Gasteiger partial charge in [-0.25, -0.2) is 0 Å². The van der Waals surface area contributed by atoms with Gasteiger partial charge in [-0.3, -0.25) is 0 Å². The zero-order valence-corrected chi connectivity index (χ0v) is 32.3. The van der Waals surface area contributed by atoms with Gasteiger partial charge in [0.1, 0.15) is 12.2 Å². The Morgan fingerprint density at radius 3 is 1.38 bits per heavy atom. The van der Waals surface area contributed by atoms with E-state index in [1.165, 1.54) is 141 Å². The van der Waals surface area contributed by atoms with Crippen molar-refractivity contribution in [2.75, 3.05) is 27.2 Å². The summed E-state index contributed by atoms with van der Waals surface area (Å²) in [5.41, 5.74) is 0. The molecule has 0 spiro atoms. The van der Waals surface area contributed by atoms with E-state index in [4.69, 9.17) is 14.2 Å². The highest BCUT2D eigenvalue weighted by molar-refractivity contribution is 4.96. The highest BCUT2D eigenvalue weighted by atomic mass is 16.8. The van der Waals surface area contributed by atoms with Crippen LogP contribution in [0.25, 0.3) is 0 Å². The Balaban J connectivity index is 1.59. The van der Waals surface area contributed by atoms with Crippen molar-refractivity contribution in [3.63, 3.8) is 0 Å². The highest BCUT2D eigenvalue weighted by Gasteiger charge is 2.53. The zero-order chi connectivity index (χ0) is 34.4. The molecule has 0 radical (unpaired) electrons. The van der Waals surface area contributed by atoms with Crippen molar-refractivity contribution in [3.05, 3.63) is 48.6 Å². The molecule has 2 heterocycles. The summed E-state index contributed by atoms with van der Waals surface area (Å²) in [6.45, 7) is 6.11. The monoisotopic (exact) mass is 670 g/mol. The highest BCUT2D eigenvalue weighted by Crippen LogP contribution is 2.42. The molecule has 0 aromatic rings. The largest absolute Gasteiger partial charge is 0.371 e. The molecular weight excluding hydrogens is 590 g/mol. The van der Waals surface area contributed by atoms with Crippen molar-refractivity contribution in [3.8, 4) is 0 Å². The quantitative estimate of drug-likeness (QED) is 0.0527. The number of unbranched alkanes of at least 4 members (excludes halogenated alkanes) is 18. The van der Waals surface area contributed by atoms with Gasteiger partial charge in [-0.15, -0.1) is 0 Å². The molecule has 48 heavy (non-hydrogen) atoms. The number of rotatable bonds is 32. The maximum atomic E-state index is 6.84. The third-order valence-corrected chi connectivity index (χ3v) is 9.99. The van der Waals surface area contributed by atoms with E-state index in [1.807, 2.05) is 0 Å². The van der Waals surface area contributed by atoms with E-state index >= 15 is 0 Å². The first kappa shape index (κ1) is 43.0. The molecule has 0 unspecified atom stereocenters. The molecule has 0 aromatic heterocycles. The number of fused-ring (bicyclic) bond motifs is 1. The summed E-state index contributed by atoms with van der Waals surface area (Å²) < 4.78 is 19.7. The average Bonchev–Trinajstić information content (AvgIpc) is 3.62. The summed E-state index contributed by atoms with van der Waals surface area (Å²) in [6.07, 6.45) is 51.9. The molecule has 0 aromatic carbocycles. The van der Waals surface area contributed by atoms with E-state index in [0.29, 0.717) is 6.61 Å². The molecule has 278 valence electrons. The second-order valence-electron chi connectivity index (χ2n) is 15.0. The molecule has 2 rings (SSSR count). The topological polar surface area (TPSA) is 30.9 Å². The molecule has 0 saturated carbocycles. The lowest BCUT2D eigenvalue weighted by Gasteiger charge is -2.31. The second kappa shape index (κ2) is 29.5. The summed E-state index contributed by atoms with van der Waals surface area (Å²) in [5.74, 6) is -0.395. The fourth-order valence-electron chi connectivity index (χ4n) is 7.09. The van der Waals surface area contributed by atoms with Crippen molar-refractivity contribution in [2.24, 2.45) is 0 Å². The lowest BCUT2D eigenvalue weighted by atomic mass is 9.98. The van der Waals surface area contributed by atoms with Crippen LogP contribution in [0.1, 0.15) is 181 Å². The SMILES string of the molecule is CCCCCC=CCC=CCCCCCCCCC1(CCCCCCCCC=CCC=CCCCCC)O[C@H]2[C@H](CN(C)C)OC[C@H]2O1. The van der Waals surface area contributed by atoms with Crippen LogP contribution < -0.4 is 0 Å². The summed E-state index contributed by atoms with van der Waals surface area (Å²) in [7, 11) is 4.24. The third-order valence-electron chi connectivity index (χ3n) is 9.99. The Bertz CT molecular complexity index is 798. The van der Waals surface area contributed by atoms with Crippen LogP contribution >= 0.6 is 0 Å². The van der Waals surface area contributed by atoms with Crippen LogP contribution in [0.5, 0.6) is 0 Å². The van der Waals surface area contributed by atoms with Crippen LogP contribution in [0.15, 0.2) is 48.6 Å². The van der Waals surface area contributed by atoms with Crippen LogP contribution in [0, 0.1) is 0 Å². The Hall–Kier alpha value is -1.20. The fraction of sp³-hybridized carbons (Fsp3) is 0.818. The Kier molecular flexibility index (Phi) is 26.4. The van der Waals surface area contributed by atoms with Gasteiger partial charge in [-0.05, 0) is 91.1 Å². The summed E-state index contributed by atoms with van der Waals surface area (Å²) >= 11 is 0. The van der Waals surface area contributed by atoms with Crippen molar-refractivity contribution >= 4 is 0 Å². The van der Waals surface area contributed by atoms with Crippen molar-refractivity contribution in [2.45, 2.75) is 205 Å². The number of hydrogen-bond acceptors (Lipinski definition) is 4. The first-order valence-corrected chi connectivity index (χ1v) is 20.8. The van der Waals surface area contributed by atoms with Crippen molar-refractivity contribution < 1.29 is 14.2 Å². The molecule has 2 aliphatic heterocycles. The first-order chi connectivity index (χ1) is 23.6. The van der Waals surface area contributed by atoms with Gasteiger partial charge >= 0.3 is 0 Å². The number of nitrogens with zero attached hydrogens (tertiary/aromatic N) is 1. The number of likely N-dealkylation sites (N-methyl/N-ethyl adjacent to an activating group) is 1. The minimum atomic E-state index is -0.395. The van der Waals surface area contributed by atoms with Crippen LogP contribution in [0.3, 0.4) is 0 Å². The van der Waals surface area contributed by atoms with Crippen LogP contribution in [0.4, 0.5) is 0 Å². The van der Waals surface area contributed by atoms with Gasteiger partial charge in [0.2, 0.25) is 0 Å². The normalized spacial score (nSPS) is 23.0. The molecule has 2 saturated heterocycles. The molecule has 0 N–H and O–H groups in total. The molecule has 4 nitrogen and oxygen atoms in total. The Morgan fingerprint density at radius 1 is 0.521 bits per heavy atom. The Labute approximate surface area is 299 Å². The number of allylic oxidation sites excluding steroid dienone is 8. The molecule has 2 aliphatic rings. The molecule has 0 aliphatic carbocycles. The van der Waals surface area contributed by atoms with E-state index in [-0.39, 0.29) is 18.3 Å². The van der Waals surface area contributed by atoms with Crippen molar-refractivity contribution in [1.82, 2.24) is 4.90 Å². The van der Waals surface area contributed by atoms with Gasteiger partial charge in [0.25, 0.3) is 0 Å². The molecular formula is C44H79NO3. The minimum Gasteiger partial charge on any atom is -0.371 e. The van der Waals surface area contributed by atoms with Crippen molar-refractivity contribution in [1.29, 1.82) is 0 Å². The smallest absolute Gasteiger partial charge is 0.169 e. The van der Waals surface area contributed by atoms with E-state index < -0.39 is 5.79 Å². The van der Waals surface area contributed by atoms with Crippen LogP contribution in [0.2, 0.25) is 0 Å². The third kappa shape index (κ3) is 21.1. The maximum absolute atomic E-state index is 6.84. The zero-order valence-electron chi connectivity index (χ0n) is 32.3. The molecule has 3 atom stereocenters. The lowest BCUT2D eigenvalue weighted by Crippen LogP contribution is -2.38. The maximum Gasteiger partial charge on any atom is 0.169 e. The fourth-order valence-corrected chi connectivity index (χ4v) is 7.09. The average molecular weight is 670 g/mol. The summed E-state index contributed by atoms with van der Waals surface area (Å²) in [6, 6.07) is 0. The minimum absolute atomic E-state index is 0.0848. The predicted octanol–water partition coefficient (Wildman–Crippen LogP) is 12.8. The lowest BCUT2D eigenvalue weighted by molar-refractivity contribution is -0.209. The van der Waals surface area contributed by atoms with Gasteiger partial charge in [0.15, 0.2) is 5.79 Å².